The molecule has 0 saturated carbocycles. The first kappa shape index (κ1) is 26.3. The van der Waals surface area contributed by atoms with Gasteiger partial charge in [-0.1, -0.05) is 50.8 Å². The number of hydrogen-bond donors (Lipinski definition) is 0. The fourth-order valence-corrected chi connectivity index (χ4v) is 4.63. The molecule has 1 saturated heterocycles. The fourth-order valence-electron chi connectivity index (χ4n) is 4.63. The predicted molar refractivity (Wildman–Crippen MR) is 122 cm³/mol. The molecule has 1 aliphatic heterocycles. The molecule has 182 valence electrons. The zero-order valence-electron chi connectivity index (χ0n) is 20.1. The third kappa shape index (κ3) is 5.19. The minimum atomic E-state index is -1.34. The Morgan fingerprint density at radius 3 is 2.42 bits per heavy atom. The maximum Gasteiger partial charge on any atom is 0.411 e. The Morgan fingerprint density at radius 1 is 1.27 bits per heavy atom. The summed E-state index contributed by atoms with van der Waals surface area (Å²) in [7, 11) is 1.43. The number of nitrogens with zero attached hydrogens (tertiary/aromatic N) is 2. The Bertz CT molecular complexity index is 883. The van der Waals surface area contributed by atoms with Gasteiger partial charge in [-0.15, -0.1) is 0 Å². The van der Waals surface area contributed by atoms with Gasteiger partial charge in [0, 0.05) is 12.0 Å². The highest BCUT2D eigenvalue weighted by atomic mass is 16.6. The van der Waals surface area contributed by atoms with Gasteiger partial charge in [0.25, 0.3) is 0 Å². The molecular formula is C24H34N2O7. The molecule has 1 aromatic rings. The molecule has 4 atom stereocenters. The highest BCUT2D eigenvalue weighted by Gasteiger charge is 2.66. The van der Waals surface area contributed by atoms with Gasteiger partial charge >= 0.3 is 12.1 Å². The quantitative estimate of drug-likeness (QED) is 0.235. The molecule has 1 aromatic carbocycles. The number of esters is 1. The summed E-state index contributed by atoms with van der Waals surface area (Å²) in [6.07, 6.45) is 0.546. The molecule has 9 heteroatoms. The molecule has 0 N–H and O–H groups in total. The molecule has 33 heavy (non-hydrogen) atoms. The minimum Gasteiger partial charge on any atom is -0.464 e. The lowest BCUT2D eigenvalue weighted by atomic mass is 9.78. The summed E-state index contributed by atoms with van der Waals surface area (Å²) < 4.78 is 16.2. The van der Waals surface area contributed by atoms with Crippen molar-refractivity contribution in [3.05, 3.63) is 58.2 Å². The molecule has 0 bridgehead atoms. The number of ether oxygens (including phenoxy) is 3. The highest BCUT2D eigenvalue weighted by Crippen LogP contribution is 2.49. The molecule has 9 nitrogen and oxygen atoms in total. The first-order chi connectivity index (χ1) is 15.5. The van der Waals surface area contributed by atoms with E-state index < -0.39 is 46.6 Å². The maximum absolute atomic E-state index is 13.3. The number of carbonyl (C=O) groups is 2. The second-order valence-corrected chi connectivity index (χ2v) is 8.81. The van der Waals surface area contributed by atoms with Crippen LogP contribution in [0.25, 0.3) is 0 Å². The summed E-state index contributed by atoms with van der Waals surface area (Å²) in [5.74, 6) is -1.72. The van der Waals surface area contributed by atoms with Gasteiger partial charge in [-0.2, -0.15) is 0 Å². The SMILES string of the molecule is C=CCOC(=O)N1[C@H](C(=O)OCC)[C@@H](C(C)(C)OC)[C@H]([N+](=O)[O-])[C@@H]1c1ccccc1C(C)C. The van der Waals surface area contributed by atoms with Crippen molar-refractivity contribution < 1.29 is 28.7 Å². The molecule has 1 heterocycles. The number of nitro groups is 1. The Hall–Kier alpha value is -2.94. The largest absolute Gasteiger partial charge is 0.464 e. The van der Waals surface area contributed by atoms with Crippen LogP contribution in [-0.2, 0) is 19.0 Å². The van der Waals surface area contributed by atoms with Crippen molar-refractivity contribution in [3.63, 3.8) is 0 Å². The van der Waals surface area contributed by atoms with E-state index in [1.165, 1.54) is 18.1 Å². The fraction of sp³-hybridized carbons (Fsp3) is 0.583. The van der Waals surface area contributed by atoms with Crippen LogP contribution in [-0.4, -0.2) is 59.9 Å². The van der Waals surface area contributed by atoms with Gasteiger partial charge in [-0.05, 0) is 37.8 Å². The van der Waals surface area contributed by atoms with Crippen molar-refractivity contribution >= 4 is 12.1 Å². The van der Waals surface area contributed by atoms with Crippen molar-refractivity contribution in [3.8, 4) is 0 Å². The number of carbonyl (C=O) groups excluding carboxylic acids is 2. The van der Waals surface area contributed by atoms with Crippen molar-refractivity contribution in [2.45, 2.75) is 64.3 Å². The Balaban J connectivity index is 2.86. The average molecular weight is 463 g/mol. The molecule has 0 spiro atoms. The van der Waals surface area contributed by atoms with Crippen LogP contribution in [0.15, 0.2) is 36.9 Å². The molecular weight excluding hydrogens is 428 g/mol. The Morgan fingerprint density at radius 2 is 1.91 bits per heavy atom. The van der Waals surface area contributed by atoms with Crippen LogP contribution in [0.4, 0.5) is 4.79 Å². The standard InChI is InChI=1S/C24H34N2O7/c1-8-14-33-23(28)25-19(17-13-11-10-12-16(17)15(3)4)20(26(29)30)18(24(5,6)31-7)21(25)22(27)32-9-2/h8,10-13,15,18-21H,1,9,14H2,2-7H3/t18-,19-,20-,21-/m0/s1. The Labute approximate surface area is 194 Å². The van der Waals surface area contributed by atoms with Crippen molar-refractivity contribution in [2.75, 3.05) is 20.3 Å². The van der Waals surface area contributed by atoms with E-state index in [1.807, 2.05) is 26.0 Å². The van der Waals surface area contributed by atoms with E-state index in [0.29, 0.717) is 5.56 Å². The van der Waals surface area contributed by atoms with E-state index in [0.717, 1.165) is 5.56 Å². The lowest BCUT2D eigenvalue weighted by molar-refractivity contribution is -0.537. The molecule has 2 rings (SSSR count). The first-order valence-electron chi connectivity index (χ1n) is 11.0. The van der Waals surface area contributed by atoms with Gasteiger partial charge in [0.2, 0.25) is 6.04 Å². The number of hydrogen-bond acceptors (Lipinski definition) is 7. The van der Waals surface area contributed by atoms with Crippen molar-refractivity contribution in [1.29, 1.82) is 0 Å². The zero-order chi connectivity index (χ0) is 24.9. The van der Waals surface area contributed by atoms with Crippen LogP contribution in [0.2, 0.25) is 0 Å². The van der Waals surface area contributed by atoms with Gasteiger partial charge in [0.15, 0.2) is 0 Å². The Kier molecular flexibility index (Phi) is 8.60. The monoisotopic (exact) mass is 462 g/mol. The zero-order valence-corrected chi connectivity index (χ0v) is 20.1. The lowest BCUT2D eigenvalue weighted by Gasteiger charge is -2.34. The van der Waals surface area contributed by atoms with Crippen LogP contribution in [0, 0.1) is 16.0 Å². The summed E-state index contributed by atoms with van der Waals surface area (Å²) >= 11 is 0. The summed E-state index contributed by atoms with van der Waals surface area (Å²) in [5.41, 5.74) is 0.302. The third-order valence-electron chi connectivity index (χ3n) is 6.20. The predicted octanol–water partition coefficient (Wildman–Crippen LogP) is 4.11. The minimum absolute atomic E-state index is 0.0233. The highest BCUT2D eigenvalue weighted by molar-refractivity contribution is 5.83. The smallest absolute Gasteiger partial charge is 0.411 e. The van der Waals surface area contributed by atoms with Crippen LogP contribution in [0.1, 0.15) is 57.7 Å². The molecule has 1 amide bonds. The molecule has 1 aliphatic rings. The second-order valence-electron chi connectivity index (χ2n) is 8.81. The van der Waals surface area contributed by atoms with Crippen molar-refractivity contribution in [1.82, 2.24) is 4.90 Å². The topological polar surface area (TPSA) is 108 Å². The van der Waals surface area contributed by atoms with Gasteiger partial charge in [0.1, 0.15) is 18.7 Å². The van der Waals surface area contributed by atoms with E-state index in [9.17, 15) is 19.7 Å². The number of methoxy groups -OCH3 is 1. The van der Waals surface area contributed by atoms with E-state index in [2.05, 4.69) is 6.58 Å². The van der Waals surface area contributed by atoms with Crippen molar-refractivity contribution in [2.24, 2.45) is 5.92 Å². The molecule has 0 radical (unpaired) electrons. The number of rotatable bonds is 9. The molecule has 1 fully saturated rings. The number of amides is 1. The number of benzene rings is 1. The van der Waals surface area contributed by atoms with Gasteiger partial charge in [0.05, 0.1) is 18.1 Å². The molecule has 0 aliphatic carbocycles. The van der Waals surface area contributed by atoms with E-state index in [4.69, 9.17) is 14.2 Å². The first-order valence-corrected chi connectivity index (χ1v) is 11.0. The van der Waals surface area contributed by atoms with Crippen LogP contribution < -0.4 is 0 Å². The number of likely N-dealkylation sites (tertiary alicyclic amines) is 1. The van der Waals surface area contributed by atoms with E-state index >= 15 is 0 Å². The third-order valence-corrected chi connectivity index (χ3v) is 6.20. The van der Waals surface area contributed by atoms with Gasteiger partial charge < -0.3 is 14.2 Å². The van der Waals surface area contributed by atoms with Gasteiger partial charge in [-0.25, -0.2) is 9.59 Å². The summed E-state index contributed by atoms with van der Waals surface area (Å²) in [6.45, 7) is 12.4. The van der Waals surface area contributed by atoms with Gasteiger partial charge in [-0.3, -0.25) is 15.0 Å². The second kappa shape index (κ2) is 10.8. The maximum atomic E-state index is 13.3. The van der Waals surface area contributed by atoms with Crippen LogP contribution in [0.3, 0.4) is 0 Å². The normalized spacial score (nSPS) is 22.8. The van der Waals surface area contributed by atoms with Crippen LogP contribution >= 0.6 is 0 Å². The molecule has 0 unspecified atom stereocenters. The molecule has 0 aromatic heterocycles. The van der Waals surface area contributed by atoms with Crippen LogP contribution in [0.5, 0.6) is 0 Å². The summed E-state index contributed by atoms with van der Waals surface area (Å²) in [4.78, 5) is 39.8. The lowest BCUT2D eigenvalue weighted by Crippen LogP contribution is -2.52. The summed E-state index contributed by atoms with van der Waals surface area (Å²) in [5, 5.41) is 12.6. The average Bonchev–Trinajstić information content (AvgIpc) is 3.15. The summed E-state index contributed by atoms with van der Waals surface area (Å²) in [6, 6.07) is 3.55. The van der Waals surface area contributed by atoms with E-state index in [-0.39, 0.29) is 19.1 Å². The van der Waals surface area contributed by atoms with E-state index in [1.54, 1.807) is 32.9 Å².